The van der Waals surface area contributed by atoms with Crippen molar-refractivity contribution in [1.29, 1.82) is 0 Å². The summed E-state index contributed by atoms with van der Waals surface area (Å²) in [7, 11) is -10.0. The predicted octanol–water partition coefficient (Wildman–Crippen LogP) is 4.23. The number of imidazole rings is 2. The predicted molar refractivity (Wildman–Crippen MR) is 161 cm³/mol. The number of aliphatic hydroxyl groups excluding tert-OH is 2. The molecule has 0 amide bonds. The van der Waals surface area contributed by atoms with E-state index in [0.29, 0.717) is 22.1 Å². The van der Waals surface area contributed by atoms with Gasteiger partial charge in [0.25, 0.3) is 0 Å². The second kappa shape index (κ2) is 12.2. The van der Waals surface area contributed by atoms with E-state index >= 15 is 0 Å². The molecular weight excluding hydrogens is 740 g/mol. The van der Waals surface area contributed by atoms with Crippen molar-refractivity contribution in [2.75, 3.05) is 13.2 Å². The van der Waals surface area contributed by atoms with Gasteiger partial charge in [-0.2, -0.15) is 0 Å². The summed E-state index contributed by atoms with van der Waals surface area (Å²) in [6.07, 6.45) is -9.29. The zero-order valence-corrected chi connectivity index (χ0v) is 27.6. The molecule has 4 N–H and O–H groups in total. The van der Waals surface area contributed by atoms with Gasteiger partial charge in [-0.25, -0.2) is 19.1 Å². The molecule has 4 aromatic rings. The summed E-state index contributed by atoms with van der Waals surface area (Å²) in [6, 6.07) is 5.95. The number of hydrogen-bond donors (Lipinski definition) is 4. The highest BCUT2D eigenvalue weighted by Gasteiger charge is 2.53. The fourth-order valence-electron chi connectivity index (χ4n) is 5.58. The van der Waals surface area contributed by atoms with Crippen LogP contribution in [0.5, 0.6) is 0 Å². The van der Waals surface area contributed by atoms with Crippen molar-refractivity contribution in [3.05, 3.63) is 57.0 Å². The van der Waals surface area contributed by atoms with Crippen molar-refractivity contribution in [3.63, 3.8) is 0 Å². The van der Waals surface area contributed by atoms with Gasteiger partial charge in [0.15, 0.2) is 12.5 Å². The van der Waals surface area contributed by atoms with Crippen LogP contribution in [0.4, 0.5) is 0 Å². The lowest BCUT2D eigenvalue weighted by Crippen LogP contribution is -2.39. The second-order valence-electron chi connectivity index (χ2n) is 10.6. The molecule has 3 fully saturated rings. The van der Waals surface area contributed by atoms with Crippen molar-refractivity contribution >= 4 is 84.1 Å². The van der Waals surface area contributed by atoms with Crippen LogP contribution >= 0.6 is 62.0 Å². The highest BCUT2D eigenvalue weighted by molar-refractivity contribution is 7.47. The average Bonchev–Trinajstić information content (AvgIpc) is 3.72. The minimum Gasteiger partial charge on any atom is -0.386 e. The van der Waals surface area contributed by atoms with E-state index in [1.54, 1.807) is 0 Å². The maximum absolute atomic E-state index is 13.1. The summed E-state index contributed by atoms with van der Waals surface area (Å²) in [5.41, 5.74) is 1.58. The summed E-state index contributed by atoms with van der Waals surface area (Å²) >= 11 is 24.5. The van der Waals surface area contributed by atoms with Crippen LogP contribution in [-0.4, -0.2) is 88.9 Å². The smallest absolute Gasteiger partial charge is 0.386 e. The zero-order valence-electron chi connectivity index (χ0n) is 22.7. The Bertz CT molecular complexity index is 1790. The molecule has 10 atom stereocenters. The first kappa shape index (κ1) is 33.1. The first-order valence-electron chi connectivity index (χ1n) is 13.3. The van der Waals surface area contributed by atoms with Gasteiger partial charge in [0, 0.05) is 0 Å². The van der Waals surface area contributed by atoms with E-state index in [-0.39, 0.29) is 20.1 Å². The normalized spacial score (nSPS) is 37.2. The number of nitrogens with zero attached hydrogens (tertiary/aromatic N) is 4. The van der Waals surface area contributed by atoms with Crippen LogP contribution in [0.15, 0.2) is 36.9 Å². The fourth-order valence-corrected chi connectivity index (χ4v) is 8.14. The van der Waals surface area contributed by atoms with Crippen LogP contribution in [0.2, 0.25) is 20.1 Å². The highest BCUT2D eigenvalue weighted by Crippen LogP contribution is 2.54. The Labute approximate surface area is 278 Å². The number of fused-ring (bicyclic) bond motifs is 4. The zero-order chi connectivity index (χ0) is 32.7. The molecule has 2 aromatic heterocycles. The summed E-state index contributed by atoms with van der Waals surface area (Å²) in [5, 5.41) is 23.3. The number of phosphoric acid groups is 2. The third-order valence-electron chi connectivity index (χ3n) is 7.71. The molecule has 0 spiro atoms. The molecule has 2 aromatic carbocycles. The Kier molecular flexibility index (Phi) is 8.77. The van der Waals surface area contributed by atoms with E-state index in [2.05, 4.69) is 9.97 Å². The van der Waals surface area contributed by atoms with E-state index in [1.165, 1.54) is 46.1 Å². The maximum atomic E-state index is 13.1. The topological polar surface area (TPSA) is 206 Å². The SMILES string of the molecule is O=P1(O)OC[C@H]2O[C@@H](n3cnc4cc(Cl)c(Cl)cc43)C(O)C2OP(=O)(O)OC[C@H]2O[C@@H](n3cnc4cc(Cl)c(Cl)cc43)C(O)C2O1. The molecule has 0 bridgehead atoms. The van der Waals surface area contributed by atoms with Crippen LogP contribution in [-0.2, 0) is 36.7 Å². The van der Waals surface area contributed by atoms with E-state index < -0.39 is 77.9 Å². The van der Waals surface area contributed by atoms with E-state index in [4.69, 9.17) is 74.0 Å². The molecule has 22 heteroatoms. The molecule has 0 radical (unpaired) electrons. The Hall–Kier alpha value is -1.40. The van der Waals surface area contributed by atoms with Gasteiger partial charge in [0.1, 0.15) is 36.6 Å². The first-order chi connectivity index (χ1) is 21.7. The van der Waals surface area contributed by atoms with Crippen LogP contribution in [0.1, 0.15) is 12.5 Å². The monoisotopic (exact) mass is 760 g/mol. The Morgan fingerprint density at radius 1 is 0.674 bits per heavy atom. The number of aliphatic hydroxyl groups is 2. The van der Waals surface area contributed by atoms with Crippen LogP contribution in [0.3, 0.4) is 0 Å². The largest absolute Gasteiger partial charge is 0.472 e. The van der Waals surface area contributed by atoms with Gasteiger partial charge in [-0.05, 0) is 24.3 Å². The molecule has 3 saturated heterocycles. The van der Waals surface area contributed by atoms with Crippen molar-refractivity contribution in [2.45, 2.75) is 49.1 Å². The third-order valence-corrected chi connectivity index (χ3v) is 11.1. The van der Waals surface area contributed by atoms with Gasteiger partial charge in [0.05, 0.1) is 68.0 Å². The number of aromatic nitrogens is 4. The lowest BCUT2D eigenvalue weighted by molar-refractivity contribution is -0.0662. The van der Waals surface area contributed by atoms with Crippen molar-refractivity contribution in [1.82, 2.24) is 19.1 Å². The molecule has 5 heterocycles. The number of benzene rings is 2. The lowest BCUT2D eigenvalue weighted by Gasteiger charge is -2.27. The van der Waals surface area contributed by atoms with E-state index in [9.17, 15) is 29.1 Å². The summed E-state index contributed by atoms with van der Waals surface area (Å²) in [6.45, 7) is -1.54. The minimum absolute atomic E-state index is 0.188. The molecule has 3 aliphatic rings. The van der Waals surface area contributed by atoms with Crippen molar-refractivity contribution in [3.8, 4) is 0 Å². The standard InChI is InChI=1S/C24H22Cl4N4O12P2/c25-9-1-13-15(3-11(9)27)31(7-29-13)23-19(33)21-17(41-23)5-39-46(37,38)44-22-18(6-40-45(35,36)43-21)42-24(20(22)34)32-8-30-14-2-10(26)12(28)4-16(14)32/h1-4,7-8,17-24,33-34H,5-6H2,(H,35,36)(H,37,38)/t17-,18-,19?,20?,21?,22?,23-,24-/m1/s1. The number of phosphoric ester groups is 2. The number of ether oxygens (including phenoxy) is 2. The van der Waals surface area contributed by atoms with Crippen molar-refractivity contribution in [2.24, 2.45) is 0 Å². The average molecular weight is 762 g/mol. The number of rotatable bonds is 2. The number of hydrogen-bond acceptors (Lipinski definition) is 12. The summed E-state index contributed by atoms with van der Waals surface area (Å²) < 4.78 is 61.9. The van der Waals surface area contributed by atoms with E-state index in [0.717, 1.165) is 0 Å². The maximum Gasteiger partial charge on any atom is 0.472 e. The molecule has 3 aliphatic heterocycles. The van der Waals surface area contributed by atoms with Gasteiger partial charge < -0.3 is 38.6 Å². The van der Waals surface area contributed by atoms with Crippen LogP contribution in [0, 0.1) is 0 Å². The molecule has 0 saturated carbocycles. The Morgan fingerprint density at radius 3 is 1.43 bits per heavy atom. The van der Waals surface area contributed by atoms with Gasteiger partial charge >= 0.3 is 15.6 Å². The third kappa shape index (κ3) is 6.03. The lowest BCUT2D eigenvalue weighted by atomic mass is 10.1. The molecule has 6 unspecified atom stereocenters. The Morgan fingerprint density at radius 2 is 1.04 bits per heavy atom. The molecule has 248 valence electrons. The van der Waals surface area contributed by atoms with Gasteiger partial charge in [-0.1, -0.05) is 46.4 Å². The number of halogens is 4. The molecule has 46 heavy (non-hydrogen) atoms. The summed E-state index contributed by atoms with van der Waals surface area (Å²) in [5.74, 6) is 0. The van der Waals surface area contributed by atoms with E-state index in [1.807, 2.05) is 0 Å². The molecular formula is C24H22Cl4N4O12P2. The first-order valence-corrected chi connectivity index (χ1v) is 17.8. The summed E-state index contributed by atoms with van der Waals surface area (Å²) in [4.78, 5) is 29.8. The minimum atomic E-state index is -5.00. The van der Waals surface area contributed by atoms with Gasteiger partial charge in [0.2, 0.25) is 0 Å². The fraction of sp³-hybridized carbons (Fsp3) is 0.417. The molecule has 0 aliphatic carbocycles. The van der Waals surface area contributed by atoms with Crippen molar-refractivity contribution < 1.29 is 56.7 Å². The van der Waals surface area contributed by atoms with Crippen LogP contribution in [0.25, 0.3) is 22.1 Å². The van der Waals surface area contributed by atoms with Crippen LogP contribution < -0.4 is 0 Å². The van der Waals surface area contributed by atoms with Gasteiger partial charge in [-0.15, -0.1) is 0 Å². The quantitative estimate of drug-likeness (QED) is 0.211. The van der Waals surface area contributed by atoms with Gasteiger partial charge in [-0.3, -0.25) is 18.1 Å². The second-order valence-corrected chi connectivity index (χ2v) is 15.0. The highest BCUT2D eigenvalue weighted by atomic mass is 35.5. The Balaban J connectivity index is 1.16. The molecule has 16 nitrogen and oxygen atoms in total. The molecule has 7 rings (SSSR count).